The fraction of sp³-hybridized carbons (Fsp3) is 1.00. The molecule has 2 nitrogen and oxygen atoms in total. The average molecular weight is 170 g/mol. The van der Waals surface area contributed by atoms with E-state index in [0.29, 0.717) is 6.04 Å². The molecule has 1 fully saturated rings. The van der Waals surface area contributed by atoms with Gasteiger partial charge in [0.2, 0.25) is 0 Å². The third-order valence-electron chi connectivity index (χ3n) is 3.08. The quantitative estimate of drug-likeness (QED) is 0.679. The lowest BCUT2D eigenvalue weighted by atomic mass is 10.0. The van der Waals surface area contributed by atoms with E-state index in [0.717, 1.165) is 18.9 Å². The molecule has 72 valence electrons. The van der Waals surface area contributed by atoms with Crippen molar-refractivity contribution in [2.75, 3.05) is 13.1 Å². The number of nitrogens with zero attached hydrogens (tertiary/aromatic N) is 1. The van der Waals surface area contributed by atoms with Gasteiger partial charge in [0.15, 0.2) is 0 Å². The summed E-state index contributed by atoms with van der Waals surface area (Å²) in [5, 5.41) is 0. The van der Waals surface area contributed by atoms with Gasteiger partial charge in [0.05, 0.1) is 0 Å². The lowest BCUT2D eigenvalue weighted by Gasteiger charge is -2.28. The van der Waals surface area contributed by atoms with E-state index in [2.05, 4.69) is 32.6 Å². The summed E-state index contributed by atoms with van der Waals surface area (Å²) in [4.78, 5) is 2.50. The van der Waals surface area contributed by atoms with E-state index in [9.17, 15) is 0 Å². The van der Waals surface area contributed by atoms with Crippen molar-refractivity contribution in [2.24, 2.45) is 11.7 Å². The molecule has 2 atom stereocenters. The minimum Gasteiger partial charge on any atom is -0.324 e. The van der Waals surface area contributed by atoms with E-state index in [1.54, 1.807) is 0 Å². The average Bonchev–Trinajstić information content (AvgIpc) is 2.28. The Morgan fingerprint density at radius 3 is 2.25 bits per heavy atom. The molecule has 12 heavy (non-hydrogen) atoms. The number of likely N-dealkylation sites (tertiary alicyclic amines) is 1. The van der Waals surface area contributed by atoms with Gasteiger partial charge in [0.25, 0.3) is 0 Å². The third kappa shape index (κ3) is 2.20. The summed E-state index contributed by atoms with van der Waals surface area (Å²) in [5.41, 5.74) is 6.12. The lowest BCUT2D eigenvalue weighted by Crippen LogP contribution is -2.42. The van der Waals surface area contributed by atoms with Crippen molar-refractivity contribution in [3.63, 3.8) is 0 Å². The first-order valence-electron chi connectivity index (χ1n) is 4.95. The molecule has 2 N–H and O–H groups in total. The highest BCUT2D eigenvalue weighted by atomic mass is 15.2. The van der Waals surface area contributed by atoms with Gasteiger partial charge in [-0.25, -0.2) is 0 Å². The summed E-state index contributed by atoms with van der Waals surface area (Å²) < 4.78 is 0. The highest BCUT2D eigenvalue weighted by molar-refractivity contribution is 4.92. The molecule has 1 rings (SSSR count). The third-order valence-corrected chi connectivity index (χ3v) is 3.08. The zero-order chi connectivity index (χ0) is 9.35. The molecule has 1 aliphatic heterocycles. The van der Waals surface area contributed by atoms with Crippen LogP contribution in [-0.2, 0) is 0 Å². The molecule has 0 radical (unpaired) electrons. The van der Waals surface area contributed by atoms with Gasteiger partial charge in [-0.15, -0.1) is 0 Å². The Labute approximate surface area is 76.1 Å². The van der Waals surface area contributed by atoms with Crippen molar-refractivity contribution in [1.82, 2.24) is 4.90 Å². The topological polar surface area (TPSA) is 29.3 Å². The Kier molecular flexibility index (Phi) is 2.79. The molecule has 2 heteroatoms. The fourth-order valence-electron chi connectivity index (χ4n) is 1.79. The lowest BCUT2D eigenvalue weighted by molar-refractivity contribution is 0.198. The van der Waals surface area contributed by atoms with E-state index in [1.165, 1.54) is 6.54 Å². The van der Waals surface area contributed by atoms with Crippen LogP contribution in [-0.4, -0.2) is 29.6 Å². The molecule has 0 aromatic carbocycles. The Hall–Kier alpha value is -0.0800. The molecule has 1 saturated heterocycles. The molecule has 0 amide bonds. The van der Waals surface area contributed by atoms with E-state index in [4.69, 9.17) is 5.73 Å². The summed E-state index contributed by atoms with van der Waals surface area (Å²) in [6, 6.07) is 0.676. The van der Waals surface area contributed by atoms with Gasteiger partial charge in [-0.2, -0.15) is 0 Å². The molecular weight excluding hydrogens is 148 g/mol. The summed E-state index contributed by atoms with van der Waals surface area (Å²) in [7, 11) is 0. The fourth-order valence-corrected chi connectivity index (χ4v) is 1.79. The van der Waals surface area contributed by atoms with Crippen LogP contribution in [0.3, 0.4) is 0 Å². The van der Waals surface area contributed by atoms with Crippen molar-refractivity contribution < 1.29 is 0 Å². The number of hydrogen-bond donors (Lipinski definition) is 1. The first kappa shape index (κ1) is 10.0. The summed E-state index contributed by atoms with van der Waals surface area (Å²) >= 11 is 0. The molecule has 0 bridgehead atoms. The van der Waals surface area contributed by atoms with Gasteiger partial charge in [-0.05, 0) is 26.2 Å². The zero-order valence-electron chi connectivity index (χ0n) is 8.80. The van der Waals surface area contributed by atoms with Crippen LogP contribution < -0.4 is 5.73 Å². The SMILES string of the molecule is CC(C)C(C)N1CCC(C)(N)C1. The highest BCUT2D eigenvalue weighted by Crippen LogP contribution is 2.22. The van der Waals surface area contributed by atoms with Crippen LogP contribution >= 0.6 is 0 Å². The number of hydrogen-bond acceptors (Lipinski definition) is 2. The van der Waals surface area contributed by atoms with Crippen LogP contribution in [0, 0.1) is 5.92 Å². The maximum Gasteiger partial charge on any atom is 0.0267 e. The predicted molar refractivity (Wildman–Crippen MR) is 53.1 cm³/mol. The van der Waals surface area contributed by atoms with Gasteiger partial charge in [0, 0.05) is 24.7 Å². The monoisotopic (exact) mass is 170 g/mol. The number of rotatable bonds is 2. The first-order chi connectivity index (χ1) is 5.42. The second-order valence-corrected chi connectivity index (χ2v) is 4.86. The summed E-state index contributed by atoms with van der Waals surface area (Å²) in [6.45, 7) is 11.2. The van der Waals surface area contributed by atoms with Gasteiger partial charge in [-0.1, -0.05) is 13.8 Å². The smallest absolute Gasteiger partial charge is 0.0267 e. The van der Waals surface area contributed by atoms with Crippen molar-refractivity contribution in [1.29, 1.82) is 0 Å². The summed E-state index contributed by atoms with van der Waals surface area (Å²) in [6.07, 6.45) is 1.14. The van der Waals surface area contributed by atoms with Crippen molar-refractivity contribution in [3.05, 3.63) is 0 Å². The molecule has 0 aromatic rings. The first-order valence-corrected chi connectivity index (χ1v) is 4.95. The predicted octanol–water partition coefficient (Wildman–Crippen LogP) is 1.45. The second kappa shape index (κ2) is 3.35. The van der Waals surface area contributed by atoms with Crippen LogP contribution in [0.2, 0.25) is 0 Å². The Balaban J connectivity index is 2.47. The van der Waals surface area contributed by atoms with Crippen LogP contribution in [0.1, 0.15) is 34.1 Å². The van der Waals surface area contributed by atoms with E-state index in [-0.39, 0.29) is 5.54 Å². The number of nitrogens with two attached hydrogens (primary N) is 1. The maximum absolute atomic E-state index is 6.06. The van der Waals surface area contributed by atoms with Crippen molar-refractivity contribution in [2.45, 2.75) is 45.7 Å². The largest absolute Gasteiger partial charge is 0.324 e. The molecule has 0 spiro atoms. The molecular formula is C10H22N2. The highest BCUT2D eigenvalue weighted by Gasteiger charge is 2.32. The van der Waals surface area contributed by atoms with E-state index >= 15 is 0 Å². The minimum atomic E-state index is 0.0587. The van der Waals surface area contributed by atoms with Crippen molar-refractivity contribution in [3.8, 4) is 0 Å². The zero-order valence-corrected chi connectivity index (χ0v) is 8.80. The van der Waals surface area contributed by atoms with Gasteiger partial charge < -0.3 is 5.73 Å². The van der Waals surface area contributed by atoms with Gasteiger partial charge >= 0.3 is 0 Å². The molecule has 0 saturated carbocycles. The van der Waals surface area contributed by atoms with Crippen LogP contribution in [0.4, 0.5) is 0 Å². The molecule has 1 heterocycles. The van der Waals surface area contributed by atoms with Crippen LogP contribution in [0.25, 0.3) is 0 Å². The van der Waals surface area contributed by atoms with Crippen molar-refractivity contribution >= 4 is 0 Å². The van der Waals surface area contributed by atoms with E-state index in [1.807, 2.05) is 0 Å². The molecule has 2 unspecified atom stereocenters. The Morgan fingerprint density at radius 1 is 1.33 bits per heavy atom. The molecule has 0 aromatic heterocycles. The van der Waals surface area contributed by atoms with Gasteiger partial charge in [0.1, 0.15) is 0 Å². The van der Waals surface area contributed by atoms with Gasteiger partial charge in [-0.3, -0.25) is 4.90 Å². The van der Waals surface area contributed by atoms with Crippen LogP contribution in [0.15, 0.2) is 0 Å². The maximum atomic E-state index is 6.06. The molecule has 0 aliphatic carbocycles. The Bertz CT molecular complexity index is 152. The molecule has 1 aliphatic rings. The van der Waals surface area contributed by atoms with Crippen LogP contribution in [0.5, 0.6) is 0 Å². The second-order valence-electron chi connectivity index (χ2n) is 4.86. The van der Waals surface area contributed by atoms with E-state index < -0.39 is 0 Å². The Morgan fingerprint density at radius 2 is 1.92 bits per heavy atom. The normalized spacial score (nSPS) is 34.5. The summed E-state index contributed by atoms with van der Waals surface area (Å²) in [5.74, 6) is 0.735. The minimum absolute atomic E-state index is 0.0587. The standard InChI is InChI=1S/C10H22N2/c1-8(2)9(3)12-6-5-10(4,11)7-12/h8-9H,5-7,11H2,1-4H3.